The first-order valence-corrected chi connectivity index (χ1v) is 7.76. The summed E-state index contributed by atoms with van der Waals surface area (Å²) in [5.74, 6) is 0.887. The van der Waals surface area contributed by atoms with Crippen molar-refractivity contribution in [1.82, 2.24) is 5.32 Å². The van der Waals surface area contributed by atoms with Crippen molar-refractivity contribution in [3.8, 4) is 0 Å². The monoisotopic (exact) mass is 260 g/mol. The molecule has 0 aromatic heterocycles. The number of rotatable bonds is 4. The van der Waals surface area contributed by atoms with E-state index in [1.165, 1.54) is 49.2 Å². The highest BCUT2D eigenvalue weighted by molar-refractivity contribution is 5.54. The summed E-state index contributed by atoms with van der Waals surface area (Å²) >= 11 is 0. The van der Waals surface area contributed by atoms with E-state index in [-0.39, 0.29) is 0 Å². The molecule has 1 heterocycles. The molecule has 0 bridgehead atoms. The molecular weight excluding hydrogens is 232 g/mol. The standard InChI is InChI=1S/C17H28N2/c1-4-18-13-16-7-8-17(15(3)12-16)19-10-5-6-14(2)9-11-19/h7-8,12,14,18H,4-6,9-11,13H2,1-3H3. The van der Waals surface area contributed by atoms with Crippen molar-refractivity contribution in [1.29, 1.82) is 0 Å². The zero-order valence-corrected chi connectivity index (χ0v) is 12.7. The van der Waals surface area contributed by atoms with Crippen molar-refractivity contribution < 1.29 is 0 Å². The minimum absolute atomic E-state index is 0.887. The Morgan fingerprint density at radius 1 is 1.26 bits per heavy atom. The Balaban J connectivity index is 2.07. The second kappa shape index (κ2) is 6.95. The van der Waals surface area contributed by atoms with Gasteiger partial charge in [-0.25, -0.2) is 0 Å². The van der Waals surface area contributed by atoms with Crippen molar-refractivity contribution >= 4 is 5.69 Å². The first-order chi connectivity index (χ1) is 9.20. The third-order valence-electron chi connectivity index (χ3n) is 4.20. The quantitative estimate of drug-likeness (QED) is 0.887. The Kier molecular flexibility index (Phi) is 5.26. The molecule has 0 amide bonds. The third kappa shape index (κ3) is 3.97. The number of nitrogens with one attached hydrogen (secondary N) is 1. The molecule has 1 aliphatic rings. The number of nitrogens with zero attached hydrogens (tertiary/aromatic N) is 1. The molecular formula is C17H28N2. The largest absolute Gasteiger partial charge is 0.371 e. The maximum atomic E-state index is 3.39. The number of aryl methyl sites for hydroxylation is 1. The van der Waals surface area contributed by atoms with Crippen LogP contribution in [0.5, 0.6) is 0 Å². The van der Waals surface area contributed by atoms with Crippen LogP contribution in [0.4, 0.5) is 5.69 Å². The average molecular weight is 260 g/mol. The zero-order valence-electron chi connectivity index (χ0n) is 12.7. The highest BCUT2D eigenvalue weighted by Gasteiger charge is 2.15. The summed E-state index contributed by atoms with van der Waals surface area (Å²) in [7, 11) is 0. The molecule has 0 aliphatic carbocycles. The minimum atomic E-state index is 0.887. The number of hydrogen-bond acceptors (Lipinski definition) is 2. The van der Waals surface area contributed by atoms with Gasteiger partial charge in [0.15, 0.2) is 0 Å². The summed E-state index contributed by atoms with van der Waals surface area (Å²) in [4.78, 5) is 2.58. The fourth-order valence-electron chi connectivity index (χ4n) is 2.96. The van der Waals surface area contributed by atoms with Crippen molar-refractivity contribution in [3.63, 3.8) is 0 Å². The molecule has 1 aliphatic heterocycles. The lowest BCUT2D eigenvalue weighted by atomic mass is 10.0. The topological polar surface area (TPSA) is 15.3 Å². The van der Waals surface area contributed by atoms with E-state index in [0.717, 1.165) is 19.0 Å². The van der Waals surface area contributed by atoms with Gasteiger partial charge in [0.05, 0.1) is 0 Å². The molecule has 2 heteroatoms. The Labute approximate surface area is 118 Å². The summed E-state index contributed by atoms with van der Waals surface area (Å²) in [5.41, 5.74) is 4.26. The van der Waals surface area contributed by atoms with E-state index < -0.39 is 0 Å². The van der Waals surface area contributed by atoms with E-state index in [2.05, 4.69) is 49.2 Å². The number of hydrogen-bond donors (Lipinski definition) is 1. The summed E-state index contributed by atoms with van der Waals surface area (Å²) in [5, 5.41) is 3.39. The third-order valence-corrected chi connectivity index (χ3v) is 4.20. The van der Waals surface area contributed by atoms with Gasteiger partial charge in [0.1, 0.15) is 0 Å². The maximum absolute atomic E-state index is 3.39. The number of benzene rings is 1. The highest BCUT2D eigenvalue weighted by Crippen LogP contribution is 2.26. The Morgan fingerprint density at radius 2 is 2.11 bits per heavy atom. The lowest BCUT2D eigenvalue weighted by Gasteiger charge is -2.25. The van der Waals surface area contributed by atoms with E-state index in [1.54, 1.807) is 0 Å². The Morgan fingerprint density at radius 3 is 2.84 bits per heavy atom. The molecule has 1 unspecified atom stereocenters. The first-order valence-electron chi connectivity index (χ1n) is 7.76. The zero-order chi connectivity index (χ0) is 13.7. The highest BCUT2D eigenvalue weighted by atomic mass is 15.1. The predicted octanol–water partition coefficient (Wildman–Crippen LogP) is 3.73. The second-order valence-electron chi connectivity index (χ2n) is 5.92. The molecule has 1 fully saturated rings. The molecule has 0 spiro atoms. The predicted molar refractivity (Wildman–Crippen MR) is 83.8 cm³/mol. The van der Waals surface area contributed by atoms with Crippen LogP contribution in [0.1, 0.15) is 44.2 Å². The maximum Gasteiger partial charge on any atom is 0.0396 e. The van der Waals surface area contributed by atoms with Crippen molar-refractivity contribution in [2.45, 2.75) is 46.6 Å². The Hall–Kier alpha value is -1.02. The summed E-state index contributed by atoms with van der Waals surface area (Å²) in [6.45, 7) is 11.2. The van der Waals surface area contributed by atoms with E-state index >= 15 is 0 Å². The molecule has 0 radical (unpaired) electrons. The van der Waals surface area contributed by atoms with Gasteiger partial charge >= 0.3 is 0 Å². The summed E-state index contributed by atoms with van der Waals surface area (Å²) in [6.07, 6.45) is 4.05. The molecule has 1 atom stereocenters. The van der Waals surface area contributed by atoms with Gasteiger partial charge in [-0.15, -0.1) is 0 Å². The lowest BCUT2D eigenvalue weighted by molar-refractivity contribution is 0.521. The Bertz CT molecular complexity index is 400. The first kappa shape index (κ1) is 14.4. The van der Waals surface area contributed by atoms with Crippen molar-refractivity contribution in [3.05, 3.63) is 29.3 Å². The van der Waals surface area contributed by atoms with Gasteiger partial charge < -0.3 is 10.2 Å². The van der Waals surface area contributed by atoms with Crippen LogP contribution >= 0.6 is 0 Å². The van der Waals surface area contributed by atoms with Crippen molar-refractivity contribution in [2.75, 3.05) is 24.5 Å². The molecule has 1 saturated heterocycles. The minimum Gasteiger partial charge on any atom is -0.371 e. The molecule has 1 aromatic carbocycles. The molecule has 19 heavy (non-hydrogen) atoms. The van der Waals surface area contributed by atoms with Crippen LogP contribution in [0, 0.1) is 12.8 Å². The summed E-state index contributed by atoms with van der Waals surface area (Å²) < 4.78 is 0. The van der Waals surface area contributed by atoms with Crippen molar-refractivity contribution in [2.24, 2.45) is 5.92 Å². The van der Waals surface area contributed by atoms with Crippen LogP contribution in [-0.4, -0.2) is 19.6 Å². The van der Waals surface area contributed by atoms with Gasteiger partial charge in [-0.3, -0.25) is 0 Å². The van der Waals surface area contributed by atoms with E-state index in [0.29, 0.717) is 0 Å². The molecule has 2 rings (SSSR count). The van der Waals surface area contributed by atoms with Gasteiger partial charge in [0, 0.05) is 25.3 Å². The molecule has 1 N–H and O–H groups in total. The normalized spacial score (nSPS) is 20.4. The lowest BCUT2D eigenvalue weighted by Crippen LogP contribution is -2.25. The van der Waals surface area contributed by atoms with Crippen LogP contribution in [0.3, 0.4) is 0 Å². The number of anilines is 1. The van der Waals surface area contributed by atoms with Gasteiger partial charge in [0.25, 0.3) is 0 Å². The summed E-state index contributed by atoms with van der Waals surface area (Å²) in [6, 6.07) is 6.93. The van der Waals surface area contributed by atoms with Crippen LogP contribution in [-0.2, 0) is 6.54 Å². The SMILES string of the molecule is CCNCc1ccc(N2CCCC(C)CC2)c(C)c1. The molecule has 2 nitrogen and oxygen atoms in total. The van der Waals surface area contributed by atoms with E-state index in [9.17, 15) is 0 Å². The van der Waals surface area contributed by atoms with Crippen LogP contribution in [0.2, 0.25) is 0 Å². The second-order valence-corrected chi connectivity index (χ2v) is 5.92. The smallest absolute Gasteiger partial charge is 0.0396 e. The molecule has 0 saturated carbocycles. The van der Waals surface area contributed by atoms with Crippen LogP contribution in [0.25, 0.3) is 0 Å². The fourth-order valence-corrected chi connectivity index (χ4v) is 2.96. The molecule has 106 valence electrons. The van der Waals surface area contributed by atoms with E-state index in [1.807, 2.05) is 0 Å². The van der Waals surface area contributed by atoms with Crippen LogP contribution < -0.4 is 10.2 Å². The van der Waals surface area contributed by atoms with Gasteiger partial charge in [0.2, 0.25) is 0 Å². The van der Waals surface area contributed by atoms with Gasteiger partial charge in [-0.1, -0.05) is 26.0 Å². The fraction of sp³-hybridized carbons (Fsp3) is 0.647. The van der Waals surface area contributed by atoms with E-state index in [4.69, 9.17) is 0 Å². The molecule has 1 aromatic rings. The van der Waals surface area contributed by atoms with Gasteiger partial charge in [-0.2, -0.15) is 0 Å². The van der Waals surface area contributed by atoms with Gasteiger partial charge in [-0.05, 0) is 55.8 Å². The van der Waals surface area contributed by atoms with Crippen LogP contribution in [0.15, 0.2) is 18.2 Å². The average Bonchev–Trinajstić information content (AvgIpc) is 2.61.